The fraction of sp³-hybridized carbons (Fsp3) is 0.529. The quantitative estimate of drug-likeness (QED) is 0.786. The number of carbonyl (C=O) groups is 2. The van der Waals surface area contributed by atoms with Gasteiger partial charge in [0.2, 0.25) is 5.91 Å². The molecular formula is C17H23N3O5. The zero-order valence-corrected chi connectivity index (χ0v) is 14.6. The van der Waals surface area contributed by atoms with Gasteiger partial charge in [-0.05, 0) is 12.1 Å². The fourth-order valence-electron chi connectivity index (χ4n) is 3.04. The highest BCUT2D eigenvalue weighted by atomic mass is 16.5. The van der Waals surface area contributed by atoms with Crippen LogP contribution >= 0.6 is 0 Å². The highest BCUT2D eigenvalue weighted by Gasteiger charge is 2.32. The second kappa shape index (κ2) is 7.60. The number of carbonyl (C=O) groups excluding carboxylic acids is 2. The molecule has 1 aromatic carbocycles. The van der Waals surface area contributed by atoms with E-state index in [1.165, 1.54) is 0 Å². The number of urea groups is 1. The maximum absolute atomic E-state index is 12.7. The number of ether oxygens (including phenoxy) is 3. The third-order valence-electron chi connectivity index (χ3n) is 4.46. The average Bonchev–Trinajstić information content (AvgIpc) is 3.02. The highest BCUT2D eigenvalue weighted by molar-refractivity contribution is 5.96. The van der Waals surface area contributed by atoms with Crippen molar-refractivity contribution in [3.8, 4) is 11.5 Å². The van der Waals surface area contributed by atoms with Crippen LogP contribution in [0, 0.1) is 0 Å². The number of methoxy groups -OCH3 is 2. The van der Waals surface area contributed by atoms with Crippen LogP contribution in [0.25, 0.3) is 0 Å². The zero-order chi connectivity index (χ0) is 17.8. The average molecular weight is 349 g/mol. The highest BCUT2D eigenvalue weighted by Crippen LogP contribution is 2.32. The number of hydrogen-bond donors (Lipinski definition) is 0. The number of benzene rings is 1. The lowest BCUT2D eigenvalue weighted by atomic mass is 10.2. The van der Waals surface area contributed by atoms with Crippen molar-refractivity contribution in [1.82, 2.24) is 9.80 Å². The van der Waals surface area contributed by atoms with E-state index in [4.69, 9.17) is 14.2 Å². The molecule has 0 radical (unpaired) electrons. The Kier molecular flexibility index (Phi) is 5.28. The molecule has 2 saturated heterocycles. The van der Waals surface area contributed by atoms with E-state index in [1.54, 1.807) is 41.1 Å². The first kappa shape index (κ1) is 17.3. The topological polar surface area (TPSA) is 71.5 Å². The van der Waals surface area contributed by atoms with Gasteiger partial charge in [-0.2, -0.15) is 0 Å². The lowest BCUT2D eigenvalue weighted by Crippen LogP contribution is -2.46. The molecule has 0 aliphatic carbocycles. The fourth-order valence-corrected chi connectivity index (χ4v) is 3.04. The summed E-state index contributed by atoms with van der Waals surface area (Å²) >= 11 is 0. The summed E-state index contributed by atoms with van der Waals surface area (Å²) in [5.41, 5.74) is 0.726. The Labute approximate surface area is 146 Å². The van der Waals surface area contributed by atoms with Crippen molar-refractivity contribution < 1.29 is 23.8 Å². The summed E-state index contributed by atoms with van der Waals surface area (Å²) < 4.78 is 15.8. The van der Waals surface area contributed by atoms with Crippen molar-refractivity contribution in [2.24, 2.45) is 0 Å². The first-order chi connectivity index (χ1) is 12.1. The molecule has 0 bridgehead atoms. The van der Waals surface area contributed by atoms with Crippen molar-refractivity contribution in [3.05, 3.63) is 18.2 Å². The molecule has 1 aromatic rings. The molecule has 8 heteroatoms. The van der Waals surface area contributed by atoms with Crippen molar-refractivity contribution in [1.29, 1.82) is 0 Å². The molecule has 136 valence electrons. The molecule has 3 rings (SSSR count). The first-order valence-electron chi connectivity index (χ1n) is 8.28. The maximum atomic E-state index is 12.7. The van der Waals surface area contributed by atoms with E-state index >= 15 is 0 Å². The monoisotopic (exact) mass is 349 g/mol. The Morgan fingerprint density at radius 2 is 1.80 bits per heavy atom. The Morgan fingerprint density at radius 3 is 2.48 bits per heavy atom. The molecule has 0 atom stereocenters. The van der Waals surface area contributed by atoms with Crippen LogP contribution in [0.5, 0.6) is 11.5 Å². The summed E-state index contributed by atoms with van der Waals surface area (Å²) in [7, 11) is 3.12. The molecule has 0 saturated carbocycles. The van der Waals surface area contributed by atoms with Crippen LogP contribution in [-0.2, 0) is 9.53 Å². The Balaban J connectivity index is 1.66. The van der Waals surface area contributed by atoms with Crippen LogP contribution in [0.1, 0.15) is 0 Å². The molecule has 2 aliphatic rings. The molecule has 0 spiro atoms. The van der Waals surface area contributed by atoms with Crippen molar-refractivity contribution in [3.63, 3.8) is 0 Å². The molecule has 2 aliphatic heterocycles. The molecule has 3 amide bonds. The number of hydrogen-bond acceptors (Lipinski definition) is 5. The molecule has 2 fully saturated rings. The minimum Gasteiger partial charge on any atom is -0.493 e. The van der Waals surface area contributed by atoms with Crippen LogP contribution in [0.2, 0.25) is 0 Å². The van der Waals surface area contributed by atoms with Gasteiger partial charge in [0.05, 0.1) is 27.4 Å². The number of nitrogens with zero attached hydrogens (tertiary/aromatic N) is 3. The third-order valence-corrected chi connectivity index (χ3v) is 4.46. The predicted molar refractivity (Wildman–Crippen MR) is 91.3 cm³/mol. The van der Waals surface area contributed by atoms with Crippen molar-refractivity contribution in [2.75, 3.05) is 65.1 Å². The maximum Gasteiger partial charge on any atom is 0.325 e. The van der Waals surface area contributed by atoms with Gasteiger partial charge >= 0.3 is 6.03 Å². The Bertz CT molecular complexity index is 645. The van der Waals surface area contributed by atoms with Gasteiger partial charge in [0.1, 0.15) is 6.54 Å². The number of morpholine rings is 1. The standard InChI is InChI=1S/C17H23N3O5/c1-23-14-4-3-13(11-15(14)24-2)20-6-5-19(17(20)22)12-16(21)18-7-9-25-10-8-18/h3-4,11H,5-10,12H2,1-2H3. The van der Waals surface area contributed by atoms with E-state index in [9.17, 15) is 9.59 Å². The molecule has 2 heterocycles. The van der Waals surface area contributed by atoms with Gasteiger partial charge < -0.3 is 24.0 Å². The van der Waals surface area contributed by atoms with Gasteiger partial charge in [-0.3, -0.25) is 9.69 Å². The molecule has 0 N–H and O–H groups in total. The largest absolute Gasteiger partial charge is 0.493 e. The van der Waals surface area contributed by atoms with Gasteiger partial charge in [-0.15, -0.1) is 0 Å². The second-order valence-corrected chi connectivity index (χ2v) is 5.89. The molecule has 8 nitrogen and oxygen atoms in total. The van der Waals surface area contributed by atoms with Crippen molar-refractivity contribution in [2.45, 2.75) is 0 Å². The lowest BCUT2D eigenvalue weighted by Gasteiger charge is -2.28. The molecule has 0 unspecified atom stereocenters. The summed E-state index contributed by atoms with van der Waals surface area (Å²) in [6.45, 7) is 3.42. The Morgan fingerprint density at radius 1 is 1.08 bits per heavy atom. The number of amides is 3. The van der Waals surface area contributed by atoms with E-state index in [2.05, 4.69) is 0 Å². The normalized spacial score (nSPS) is 17.8. The summed E-state index contributed by atoms with van der Waals surface area (Å²) in [6.07, 6.45) is 0. The first-order valence-corrected chi connectivity index (χ1v) is 8.28. The third kappa shape index (κ3) is 3.63. The summed E-state index contributed by atoms with van der Waals surface area (Å²) in [6, 6.07) is 5.17. The van der Waals surface area contributed by atoms with Crippen LogP contribution in [-0.4, -0.2) is 81.9 Å². The van der Waals surface area contributed by atoms with Crippen LogP contribution in [0.3, 0.4) is 0 Å². The molecule has 25 heavy (non-hydrogen) atoms. The van der Waals surface area contributed by atoms with Gasteiger partial charge in [0.25, 0.3) is 0 Å². The van der Waals surface area contributed by atoms with E-state index in [0.29, 0.717) is 50.9 Å². The van der Waals surface area contributed by atoms with Crippen molar-refractivity contribution >= 4 is 17.6 Å². The second-order valence-electron chi connectivity index (χ2n) is 5.89. The van der Waals surface area contributed by atoms with Crippen LogP contribution in [0.15, 0.2) is 18.2 Å². The lowest BCUT2D eigenvalue weighted by molar-refractivity contribution is -0.135. The van der Waals surface area contributed by atoms with Gasteiger partial charge in [0, 0.05) is 37.9 Å². The smallest absolute Gasteiger partial charge is 0.325 e. The van der Waals surface area contributed by atoms with Gasteiger partial charge in [0.15, 0.2) is 11.5 Å². The van der Waals surface area contributed by atoms with E-state index in [0.717, 1.165) is 5.69 Å². The SMILES string of the molecule is COc1ccc(N2CCN(CC(=O)N3CCOCC3)C2=O)cc1OC. The predicted octanol–water partition coefficient (Wildman–Crippen LogP) is 0.805. The van der Waals surface area contributed by atoms with Crippen LogP contribution < -0.4 is 14.4 Å². The minimum absolute atomic E-state index is 0.0363. The number of rotatable bonds is 5. The molecule has 0 aromatic heterocycles. The van der Waals surface area contributed by atoms with E-state index < -0.39 is 0 Å². The van der Waals surface area contributed by atoms with E-state index in [-0.39, 0.29) is 18.5 Å². The minimum atomic E-state index is -0.172. The summed E-state index contributed by atoms with van der Waals surface area (Å²) in [5, 5.41) is 0. The Hall–Kier alpha value is -2.48. The summed E-state index contributed by atoms with van der Waals surface area (Å²) in [5.74, 6) is 1.14. The summed E-state index contributed by atoms with van der Waals surface area (Å²) in [4.78, 5) is 30.0. The van der Waals surface area contributed by atoms with Gasteiger partial charge in [-0.1, -0.05) is 0 Å². The zero-order valence-electron chi connectivity index (χ0n) is 14.6. The van der Waals surface area contributed by atoms with Gasteiger partial charge in [-0.25, -0.2) is 4.79 Å². The van der Waals surface area contributed by atoms with E-state index in [1.807, 2.05) is 6.07 Å². The number of anilines is 1. The van der Waals surface area contributed by atoms with Crippen LogP contribution in [0.4, 0.5) is 10.5 Å². The molecular weight excluding hydrogens is 326 g/mol.